The second-order valence-corrected chi connectivity index (χ2v) is 5.30. The number of aryl methyl sites for hydroxylation is 2. The first kappa shape index (κ1) is 13.6. The van der Waals surface area contributed by atoms with E-state index in [1.807, 2.05) is 0 Å². The molecule has 1 aliphatic heterocycles. The third-order valence-corrected chi connectivity index (χ3v) is 3.93. The fraction of sp³-hybridized carbons (Fsp3) is 0.786. The summed E-state index contributed by atoms with van der Waals surface area (Å²) in [6.45, 7) is 7.14. The summed E-state index contributed by atoms with van der Waals surface area (Å²) < 4.78 is 5.22. The van der Waals surface area contributed by atoms with Crippen LogP contribution >= 0.6 is 0 Å². The van der Waals surface area contributed by atoms with Crippen LogP contribution in [0.2, 0.25) is 0 Å². The molecule has 1 aliphatic rings. The minimum atomic E-state index is 0.657. The highest BCUT2D eigenvalue weighted by Crippen LogP contribution is 2.21. The van der Waals surface area contributed by atoms with Gasteiger partial charge in [0, 0.05) is 25.5 Å². The number of methoxy groups -OCH3 is 1. The van der Waals surface area contributed by atoms with Gasteiger partial charge in [0.15, 0.2) is 0 Å². The molecule has 102 valence electrons. The smallest absolute Gasteiger partial charge is 0.120 e. The van der Waals surface area contributed by atoms with E-state index in [9.17, 15) is 0 Å². The summed E-state index contributed by atoms with van der Waals surface area (Å²) in [5, 5.41) is 0. The maximum Gasteiger partial charge on any atom is 0.120 e. The number of hydrogen-bond donors (Lipinski definition) is 1. The van der Waals surface area contributed by atoms with Crippen molar-refractivity contribution in [3.8, 4) is 0 Å². The normalized spacial score (nSPS) is 21.4. The molecular formula is C14H25N3O. The van der Waals surface area contributed by atoms with Gasteiger partial charge in [-0.05, 0) is 39.7 Å². The Kier molecular flexibility index (Phi) is 4.78. The molecule has 1 fully saturated rings. The fourth-order valence-electron chi connectivity index (χ4n) is 2.74. The molecule has 18 heavy (non-hydrogen) atoms. The molecule has 4 nitrogen and oxygen atoms in total. The van der Waals surface area contributed by atoms with Gasteiger partial charge in [-0.2, -0.15) is 0 Å². The van der Waals surface area contributed by atoms with E-state index >= 15 is 0 Å². The van der Waals surface area contributed by atoms with Gasteiger partial charge in [-0.3, -0.25) is 4.90 Å². The Hall–Kier alpha value is -0.870. The van der Waals surface area contributed by atoms with E-state index in [0.29, 0.717) is 6.04 Å². The van der Waals surface area contributed by atoms with E-state index < -0.39 is 0 Å². The monoisotopic (exact) mass is 251 g/mol. The van der Waals surface area contributed by atoms with Crippen LogP contribution in [0.1, 0.15) is 42.9 Å². The highest BCUT2D eigenvalue weighted by molar-refractivity contribution is 5.10. The zero-order valence-corrected chi connectivity index (χ0v) is 11.8. The largest absolute Gasteiger partial charge is 0.385 e. The van der Waals surface area contributed by atoms with Crippen molar-refractivity contribution < 1.29 is 4.74 Å². The molecule has 0 aliphatic carbocycles. The number of imidazole rings is 1. The molecule has 0 spiro atoms. The predicted molar refractivity (Wildman–Crippen MR) is 72.6 cm³/mol. The minimum Gasteiger partial charge on any atom is -0.385 e. The molecule has 0 aromatic carbocycles. The van der Waals surface area contributed by atoms with Crippen LogP contribution in [0.3, 0.4) is 0 Å². The van der Waals surface area contributed by atoms with Gasteiger partial charge >= 0.3 is 0 Å². The van der Waals surface area contributed by atoms with E-state index in [4.69, 9.17) is 4.74 Å². The van der Waals surface area contributed by atoms with Gasteiger partial charge < -0.3 is 9.72 Å². The van der Waals surface area contributed by atoms with Crippen LogP contribution in [-0.2, 0) is 11.3 Å². The van der Waals surface area contributed by atoms with Crippen molar-refractivity contribution in [1.82, 2.24) is 14.9 Å². The number of ether oxygens (including phenoxy) is 1. The first-order valence-corrected chi connectivity index (χ1v) is 6.95. The summed E-state index contributed by atoms with van der Waals surface area (Å²) in [5.74, 6) is 1.11. The van der Waals surface area contributed by atoms with Crippen LogP contribution < -0.4 is 0 Å². The zero-order valence-electron chi connectivity index (χ0n) is 11.8. The Balaban J connectivity index is 1.96. The summed E-state index contributed by atoms with van der Waals surface area (Å²) in [7, 11) is 1.78. The van der Waals surface area contributed by atoms with Gasteiger partial charge in [0.05, 0.1) is 12.2 Å². The van der Waals surface area contributed by atoms with Crippen molar-refractivity contribution in [1.29, 1.82) is 0 Å². The van der Waals surface area contributed by atoms with Crippen molar-refractivity contribution >= 4 is 0 Å². The number of piperidine rings is 1. The lowest BCUT2D eigenvalue weighted by molar-refractivity contribution is 0.0954. The summed E-state index contributed by atoms with van der Waals surface area (Å²) in [5.41, 5.74) is 2.31. The highest BCUT2D eigenvalue weighted by Gasteiger charge is 2.23. The molecular weight excluding hydrogens is 226 g/mol. The second-order valence-electron chi connectivity index (χ2n) is 5.30. The summed E-state index contributed by atoms with van der Waals surface area (Å²) in [4.78, 5) is 10.5. The SMILES string of the molecule is COCCC1CCCCN1Cc1nc(C)c(C)[nH]1. The van der Waals surface area contributed by atoms with Gasteiger partial charge in [-0.25, -0.2) is 4.98 Å². The topological polar surface area (TPSA) is 41.1 Å². The number of aromatic amines is 1. The zero-order chi connectivity index (χ0) is 13.0. The molecule has 1 aromatic heterocycles. The molecule has 1 saturated heterocycles. The van der Waals surface area contributed by atoms with Crippen LogP contribution in [0.25, 0.3) is 0 Å². The minimum absolute atomic E-state index is 0.657. The lowest BCUT2D eigenvalue weighted by atomic mass is 10.00. The molecule has 2 heterocycles. The van der Waals surface area contributed by atoms with Crippen molar-refractivity contribution in [2.75, 3.05) is 20.3 Å². The Labute approximate surface area is 110 Å². The van der Waals surface area contributed by atoms with Gasteiger partial charge in [0.1, 0.15) is 5.82 Å². The molecule has 0 amide bonds. The van der Waals surface area contributed by atoms with Crippen molar-refractivity contribution in [2.24, 2.45) is 0 Å². The van der Waals surface area contributed by atoms with E-state index in [0.717, 1.165) is 31.1 Å². The van der Waals surface area contributed by atoms with Gasteiger partial charge in [0.25, 0.3) is 0 Å². The van der Waals surface area contributed by atoms with E-state index in [-0.39, 0.29) is 0 Å². The molecule has 0 radical (unpaired) electrons. The molecule has 1 aromatic rings. The van der Waals surface area contributed by atoms with Crippen molar-refractivity contribution in [3.05, 3.63) is 17.2 Å². The first-order valence-electron chi connectivity index (χ1n) is 6.95. The van der Waals surface area contributed by atoms with Gasteiger partial charge in [0.2, 0.25) is 0 Å². The molecule has 0 saturated carbocycles. The van der Waals surface area contributed by atoms with Crippen LogP contribution in [0.5, 0.6) is 0 Å². The number of likely N-dealkylation sites (tertiary alicyclic amines) is 1. The lowest BCUT2D eigenvalue weighted by Gasteiger charge is -2.35. The highest BCUT2D eigenvalue weighted by atomic mass is 16.5. The van der Waals surface area contributed by atoms with Crippen molar-refractivity contribution in [3.63, 3.8) is 0 Å². The summed E-state index contributed by atoms with van der Waals surface area (Å²) in [6.07, 6.45) is 5.08. The van der Waals surface area contributed by atoms with Crippen LogP contribution in [0.4, 0.5) is 0 Å². The predicted octanol–water partition coefficient (Wildman–Crippen LogP) is 2.42. The number of hydrogen-bond acceptors (Lipinski definition) is 3. The quantitative estimate of drug-likeness (QED) is 0.873. The fourth-order valence-corrected chi connectivity index (χ4v) is 2.74. The van der Waals surface area contributed by atoms with Gasteiger partial charge in [-0.1, -0.05) is 6.42 Å². The number of nitrogens with one attached hydrogen (secondary N) is 1. The first-order chi connectivity index (χ1) is 8.70. The maximum atomic E-state index is 5.22. The standard InChI is InChI=1S/C14H25N3O/c1-11-12(2)16-14(15-11)10-17-8-5-4-6-13(17)7-9-18-3/h13H,4-10H2,1-3H3,(H,15,16). The van der Waals surface area contributed by atoms with Crippen LogP contribution in [-0.4, -0.2) is 41.2 Å². The molecule has 2 rings (SSSR count). The Morgan fingerprint density at radius 1 is 1.39 bits per heavy atom. The second kappa shape index (κ2) is 6.34. The molecule has 1 atom stereocenters. The average molecular weight is 251 g/mol. The maximum absolute atomic E-state index is 5.22. The van der Waals surface area contributed by atoms with E-state index in [1.54, 1.807) is 7.11 Å². The van der Waals surface area contributed by atoms with E-state index in [1.165, 1.54) is 31.5 Å². The molecule has 1 N–H and O–H groups in total. The Morgan fingerprint density at radius 3 is 2.89 bits per heavy atom. The number of rotatable bonds is 5. The average Bonchev–Trinajstić information content (AvgIpc) is 2.67. The van der Waals surface area contributed by atoms with Gasteiger partial charge in [-0.15, -0.1) is 0 Å². The number of H-pyrrole nitrogens is 1. The van der Waals surface area contributed by atoms with Crippen LogP contribution in [0, 0.1) is 13.8 Å². The van der Waals surface area contributed by atoms with Crippen LogP contribution in [0.15, 0.2) is 0 Å². The summed E-state index contributed by atoms with van der Waals surface area (Å²) in [6, 6.07) is 0.657. The lowest BCUT2D eigenvalue weighted by Crippen LogP contribution is -2.39. The molecule has 0 bridgehead atoms. The third kappa shape index (κ3) is 3.33. The molecule has 1 unspecified atom stereocenters. The van der Waals surface area contributed by atoms with E-state index in [2.05, 4.69) is 28.7 Å². The third-order valence-electron chi connectivity index (χ3n) is 3.93. The van der Waals surface area contributed by atoms with Crippen molar-refractivity contribution in [2.45, 2.75) is 52.1 Å². The number of nitrogens with zero attached hydrogens (tertiary/aromatic N) is 2. The molecule has 4 heteroatoms. The Morgan fingerprint density at radius 2 is 2.22 bits per heavy atom. The number of aromatic nitrogens is 2. The summed E-state index contributed by atoms with van der Waals surface area (Å²) >= 11 is 0. The Bertz CT molecular complexity index is 356.